The highest BCUT2D eigenvalue weighted by Crippen LogP contribution is 2.42. The number of ketones is 1. The topological polar surface area (TPSA) is 106 Å². The number of pyridine rings is 1. The highest BCUT2D eigenvalue weighted by Gasteiger charge is 2.30. The molecule has 9 nitrogen and oxygen atoms in total. The SMILES string of the molecule is C=CC(=O)N1CCCC[C@@H](n2c(NC(=O)c3ccnc(C)c3)nc3cc4c(c(Cl)c32)OCC(=O)C4)C1. The van der Waals surface area contributed by atoms with Crippen LogP contribution in [0.2, 0.25) is 5.02 Å². The highest BCUT2D eigenvalue weighted by atomic mass is 35.5. The van der Waals surface area contributed by atoms with E-state index in [4.69, 9.17) is 21.3 Å². The van der Waals surface area contributed by atoms with Crippen molar-refractivity contribution < 1.29 is 19.1 Å². The number of nitrogens with zero attached hydrogens (tertiary/aromatic N) is 4. The number of hydrogen-bond donors (Lipinski definition) is 1. The molecule has 2 aliphatic rings. The van der Waals surface area contributed by atoms with E-state index in [1.165, 1.54) is 6.08 Å². The van der Waals surface area contributed by atoms with Gasteiger partial charge in [-0.3, -0.25) is 24.7 Å². The van der Waals surface area contributed by atoms with Gasteiger partial charge in [0.2, 0.25) is 11.9 Å². The van der Waals surface area contributed by atoms with E-state index in [1.54, 1.807) is 29.3 Å². The Morgan fingerprint density at radius 3 is 2.92 bits per heavy atom. The van der Waals surface area contributed by atoms with Gasteiger partial charge in [-0.1, -0.05) is 18.2 Å². The van der Waals surface area contributed by atoms with Crippen molar-refractivity contribution in [1.29, 1.82) is 0 Å². The molecule has 0 spiro atoms. The molecular weight excluding hydrogens is 482 g/mol. The van der Waals surface area contributed by atoms with Gasteiger partial charge in [-0.2, -0.15) is 0 Å². The maximum atomic E-state index is 13.2. The number of carbonyl (C=O) groups excluding carboxylic acids is 3. The first-order chi connectivity index (χ1) is 17.4. The van der Waals surface area contributed by atoms with E-state index in [9.17, 15) is 14.4 Å². The fraction of sp³-hybridized carbons (Fsp3) is 0.346. The number of hydrogen-bond acceptors (Lipinski definition) is 6. The minimum absolute atomic E-state index is 0.0393. The molecule has 36 heavy (non-hydrogen) atoms. The number of benzene rings is 1. The molecule has 1 fully saturated rings. The summed E-state index contributed by atoms with van der Waals surface area (Å²) in [5, 5.41) is 3.28. The van der Waals surface area contributed by atoms with Crippen LogP contribution >= 0.6 is 11.6 Å². The Bertz CT molecular complexity index is 1400. The number of anilines is 1. The molecule has 5 rings (SSSR count). The molecular formula is C26H26ClN5O4. The van der Waals surface area contributed by atoms with Crippen molar-refractivity contribution in [2.45, 2.75) is 38.6 Å². The van der Waals surface area contributed by atoms with Crippen molar-refractivity contribution in [3.63, 3.8) is 0 Å². The zero-order valence-electron chi connectivity index (χ0n) is 19.9. The van der Waals surface area contributed by atoms with E-state index in [1.807, 2.05) is 11.5 Å². The summed E-state index contributed by atoms with van der Waals surface area (Å²) in [4.78, 5) is 48.3. The fourth-order valence-electron chi connectivity index (χ4n) is 4.92. The molecule has 0 aliphatic carbocycles. The average Bonchev–Trinajstić information content (AvgIpc) is 3.04. The number of carbonyl (C=O) groups is 3. The maximum Gasteiger partial charge on any atom is 0.258 e. The predicted molar refractivity (Wildman–Crippen MR) is 136 cm³/mol. The predicted octanol–water partition coefficient (Wildman–Crippen LogP) is 3.89. The number of aryl methyl sites for hydroxylation is 1. The minimum atomic E-state index is -0.336. The molecule has 1 atom stereocenters. The number of Topliss-reactive ketones (excluding diaryl/α,β-unsaturated/α-hetero) is 1. The molecule has 0 saturated carbocycles. The lowest BCUT2D eigenvalue weighted by Crippen LogP contribution is -2.34. The van der Waals surface area contributed by atoms with E-state index < -0.39 is 0 Å². The zero-order chi connectivity index (χ0) is 25.4. The van der Waals surface area contributed by atoms with Crippen LogP contribution in [0.5, 0.6) is 5.75 Å². The summed E-state index contributed by atoms with van der Waals surface area (Å²) in [7, 11) is 0. The third-order valence-corrected chi connectivity index (χ3v) is 6.95. The molecule has 2 aliphatic heterocycles. The smallest absolute Gasteiger partial charge is 0.258 e. The Morgan fingerprint density at radius 1 is 1.31 bits per heavy atom. The van der Waals surface area contributed by atoms with Gasteiger partial charge in [-0.15, -0.1) is 0 Å². The van der Waals surface area contributed by atoms with Crippen LogP contribution in [0.25, 0.3) is 11.0 Å². The molecule has 2 aromatic heterocycles. The molecule has 0 radical (unpaired) electrons. The first kappa shape index (κ1) is 24.0. The number of rotatable bonds is 4. The number of aromatic nitrogens is 3. The lowest BCUT2D eigenvalue weighted by molar-refractivity contribution is -0.126. The van der Waals surface area contributed by atoms with Crippen LogP contribution in [0.15, 0.2) is 37.1 Å². The van der Waals surface area contributed by atoms with Gasteiger partial charge in [0.05, 0.1) is 17.1 Å². The van der Waals surface area contributed by atoms with Crippen LogP contribution in [-0.4, -0.2) is 56.7 Å². The number of amides is 2. The van der Waals surface area contributed by atoms with Crippen LogP contribution < -0.4 is 10.1 Å². The second-order valence-electron chi connectivity index (χ2n) is 9.13. The van der Waals surface area contributed by atoms with E-state index >= 15 is 0 Å². The summed E-state index contributed by atoms with van der Waals surface area (Å²) < 4.78 is 7.60. The van der Waals surface area contributed by atoms with Gasteiger partial charge >= 0.3 is 0 Å². The Hall–Kier alpha value is -3.72. The quantitative estimate of drug-likeness (QED) is 0.537. The van der Waals surface area contributed by atoms with Gasteiger partial charge in [0.15, 0.2) is 5.78 Å². The molecule has 0 bridgehead atoms. The summed E-state index contributed by atoms with van der Waals surface area (Å²) in [5.41, 5.74) is 2.98. The largest absolute Gasteiger partial charge is 0.484 e. The Labute approximate surface area is 213 Å². The van der Waals surface area contributed by atoms with Crippen LogP contribution in [0.1, 0.15) is 46.9 Å². The third kappa shape index (κ3) is 4.46. The van der Waals surface area contributed by atoms with Crippen molar-refractivity contribution in [1.82, 2.24) is 19.4 Å². The second kappa shape index (κ2) is 9.73. The van der Waals surface area contributed by atoms with Crippen molar-refractivity contribution in [3.05, 3.63) is 58.9 Å². The van der Waals surface area contributed by atoms with Crippen molar-refractivity contribution in [3.8, 4) is 5.75 Å². The highest BCUT2D eigenvalue weighted by molar-refractivity contribution is 6.37. The van der Waals surface area contributed by atoms with Crippen molar-refractivity contribution in [2.24, 2.45) is 0 Å². The Balaban J connectivity index is 1.64. The summed E-state index contributed by atoms with van der Waals surface area (Å²) >= 11 is 6.87. The van der Waals surface area contributed by atoms with E-state index in [-0.39, 0.29) is 36.7 Å². The van der Waals surface area contributed by atoms with Gasteiger partial charge in [-0.05, 0) is 50.5 Å². The molecule has 2 amide bonds. The fourth-order valence-corrected chi connectivity index (χ4v) is 5.28. The lowest BCUT2D eigenvalue weighted by atomic mass is 10.0. The Morgan fingerprint density at radius 2 is 2.14 bits per heavy atom. The maximum absolute atomic E-state index is 13.2. The minimum Gasteiger partial charge on any atom is -0.484 e. The first-order valence-corrected chi connectivity index (χ1v) is 12.3. The summed E-state index contributed by atoms with van der Waals surface area (Å²) in [6.45, 7) is 6.45. The monoisotopic (exact) mass is 507 g/mol. The normalized spacial score (nSPS) is 17.8. The van der Waals surface area contributed by atoms with E-state index in [0.29, 0.717) is 52.0 Å². The van der Waals surface area contributed by atoms with Crippen molar-refractivity contribution >= 4 is 46.2 Å². The van der Waals surface area contributed by atoms with Crippen molar-refractivity contribution in [2.75, 3.05) is 25.0 Å². The zero-order valence-corrected chi connectivity index (χ0v) is 20.7. The van der Waals surface area contributed by atoms with E-state index in [2.05, 4.69) is 16.9 Å². The molecule has 3 aromatic rings. The van der Waals surface area contributed by atoms with Gasteiger partial charge in [0, 0.05) is 42.5 Å². The molecule has 186 valence electrons. The molecule has 4 heterocycles. The van der Waals surface area contributed by atoms with Gasteiger partial charge in [0.1, 0.15) is 17.4 Å². The van der Waals surface area contributed by atoms with E-state index in [0.717, 1.165) is 25.0 Å². The molecule has 0 unspecified atom stereocenters. The first-order valence-electron chi connectivity index (χ1n) is 11.9. The van der Waals surface area contributed by atoms with Crippen LogP contribution in [0.3, 0.4) is 0 Å². The van der Waals surface area contributed by atoms with Crippen LogP contribution in [0.4, 0.5) is 5.95 Å². The number of likely N-dealkylation sites (tertiary alicyclic amines) is 1. The van der Waals surface area contributed by atoms with Gasteiger partial charge in [0.25, 0.3) is 5.91 Å². The number of nitrogens with one attached hydrogen (secondary N) is 1. The molecule has 10 heteroatoms. The molecule has 1 N–H and O–H groups in total. The summed E-state index contributed by atoms with van der Waals surface area (Å²) in [6, 6.07) is 4.93. The number of halogens is 1. The summed E-state index contributed by atoms with van der Waals surface area (Å²) in [5.74, 6) is 0.255. The molecule has 1 saturated heterocycles. The lowest BCUT2D eigenvalue weighted by Gasteiger charge is -2.27. The molecule has 1 aromatic carbocycles. The number of ether oxygens (including phenoxy) is 1. The van der Waals surface area contributed by atoms with Crippen LogP contribution in [-0.2, 0) is 16.0 Å². The van der Waals surface area contributed by atoms with Gasteiger partial charge < -0.3 is 14.2 Å². The summed E-state index contributed by atoms with van der Waals surface area (Å²) in [6.07, 6.45) is 5.61. The Kier molecular flexibility index (Phi) is 6.49. The second-order valence-corrected chi connectivity index (χ2v) is 9.51. The third-order valence-electron chi connectivity index (χ3n) is 6.60. The number of fused-ring (bicyclic) bond motifs is 2. The average molecular weight is 508 g/mol. The van der Waals surface area contributed by atoms with Gasteiger partial charge in [-0.25, -0.2) is 4.98 Å². The standard InChI is InChI=1S/C26H26ClN5O4/c1-3-21(34)31-9-5-4-6-18(13-31)32-23-20(12-17-11-19(33)14-36-24(17)22(23)27)29-26(32)30-25(35)16-7-8-28-15(2)10-16/h3,7-8,10,12,18H,1,4-6,9,11,13-14H2,2H3,(H,29,30,35)/t18-/m1/s1. The number of imidazole rings is 1. The van der Waals surface area contributed by atoms with Crippen LogP contribution in [0, 0.1) is 6.92 Å².